The fourth-order valence-corrected chi connectivity index (χ4v) is 5.93. The lowest BCUT2D eigenvalue weighted by Gasteiger charge is -2.32. The lowest BCUT2D eigenvalue weighted by Crippen LogP contribution is -2.52. The number of carboxylic acids is 1. The Kier molecular flexibility index (Phi) is 9.36. The topological polar surface area (TPSA) is 162 Å². The van der Waals surface area contributed by atoms with E-state index in [0.717, 1.165) is 16.0 Å². The van der Waals surface area contributed by atoms with Crippen molar-refractivity contribution >= 4 is 23.8 Å². The first-order chi connectivity index (χ1) is 22.0. The number of aliphatic carboxylic acids is 1. The third kappa shape index (κ3) is 6.42. The van der Waals surface area contributed by atoms with Crippen LogP contribution in [-0.2, 0) is 33.0 Å². The van der Waals surface area contributed by atoms with Gasteiger partial charge in [0.05, 0.1) is 19.0 Å². The van der Waals surface area contributed by atoms with E-state index in [1.54, 1.807) is 49.4 Å². The molecule has 46 heavy (non-hydrogen) atoms. The van der Waals surface area contributed by atoms with Gasteiger partial charge in [-0.1, -0.05) is 74.5 Å². The molecular formula is C34H37N5O7. The second kappa shape index (κ2) is 13.4. The second-order valence-electron chi connectivity index (χ2n) is 12.0. The Labute approximate surface area is 266 Å². The van der Waals surface area contributed by atoms with Crippen LogP contribution in [0.15, 0.2) is 77.9 Å². The summed E-state index contributed by atoms with van der Waals surface area (Å²) in [7, 11) is 0. The summed E-state index contributed by atoms with van der Waals surface area (Å²) in [5.41, 5.74) is 8.33. The van der Waals surface area contributed by atoms with E-state index < -0.39 is 47.9 Å². The monoisotopic (exact) mass is 627 g/mol. The van der Waals surface area contributed by atoms with Crippen LogP contribution in [0.4, 0.5) is 4.79 Å². The van der Waals surface area contributed by atoms with Gasteiger partial charge in [0.1, 0.15) is 11.6 Å². The van der Waals surface area contributed by atoms with Crippen molar-refractivity contribution in [2.75, 3.05) is 6.79 Å². The van der Waals surface area contributed by atoms with Crippen LogP contribution in [0, 0.1) is 11.4 Å². The summed E-state index contributed by atoms with van der Waals surface area (Å²) in [5, 5.41) is 16.0. The summed E-state index contributed by atoms with van der Waals surface area (Å²) in [6.07, 6.45) is -0.278. The van der Waals surface area contributed by atoms with Crippen molar-refractivity contribution in [2.45, 2.75) is 64.3 Å². The van der Waals surface area contributed by atoms with Crippen molar-refractivity contribution < 1.29 is 33.8 Å². The number of ether oxygens (including phenoxy) is 2. The minimum atomic E-state index is -1.46. The normalized spacial score (nSPS) is 18.5. The summed E-state index contributed by atoms with van der Waals surface area (Å²) in [5.74, 6) is -1.50. The standard InChI is InChI=1S/C34H37N5O7/c1-21(2)15-27(31(42)37-26(17-30(40)41)24-11-14-28-29(16-24)46-20-45-28)39-32(43)34(3,25-12-9-22(10-13-25)18-36-35)38(33(39)44)19-23-7-5-4-6-8-23/h4-14,16,21,26-27,35H,15,17-20H2,1-3H3,(H,37,42)(H,40,41)/t26-,27-,34+/m1/s1. The van der Waals surface area contributed by atoms with Gasteiger partial charge in [-0.15, -0.1) is 0 Å². The van der Waals surface area contributed by atoms with E-state index in [9.17, 15) is 24.3 Å². The van der Waals surface area contributed by atoms with Crippen LogP contribution in [0.3, 0.4) is 0 Å². The first-order valence-electron chi connectivity index (χ1n) is 15.1. The van der Waals surface area contributed by atoms with Gasteiger partial charge in [-0.25, -0.2) is 15.2 Å². The first-order valence-corrected chi connectivity index (χ1v) is 15.1. The Morgan fingerprint density at radius 3 is 2.35 bits per heavy atom. The molecule has 3 atom stereocenters. The fraction of sp³-hybridized carbons (Fsp3) is 0.353. The molecule has 3 aromatic rings. The van der Waals surface area contributed by atoms with E-state index in [1.807, 2.05) is 44.2 Å². The lowest BCUT2D eigenvalue weighted by molar-refractivity contribution is -0.141. The zero-order valence-corrected chi connectivity index (χ0v) is 25.9. The second-order valence-corrected chi connectivity index (χ2v) is 12.0. The molecule has 12 heteroatoms. The van der Waals surface area contributed by atoms with Crippen molar-refractivity contribution in [3.8, 4) is 11.5 Å². The molecule has 1 fully saturated rings. The van der Waals surface area contributed by atoms with Gasteiger partial charge in [-0.3, -0.25) is 14.4 Å². The van der Waals surface area contributed by atoms with E-state index >= 15 is 0 Å². The highest BCUT2D eigenvalue weighted by Gasteiger charge is 2.58. The third-order valence-corrected chi connectivity index (χ3v) is 8.38. The Balaban J connectivity index is 1.52. The van der Waals surface area contributed by atoms with Crippen molar-refractivity contribution in [3.63, 3.8) is 0 Å². The summed E-state index contributed by atoms with van der Waals surface area (Å²) in [4.78, 5) is 57.4. The molecule has 0 bridgehead atoms. The molecule has 3 aromatic carbocycles. The van der Waals surface area contributed by atoms with Gasteiger partial charge in [0.2, 0.25) is 12.7 Å². The highest BCUT2D eigenvalue weighted by Crippen LogP contribution is 2.41. The number of urea groups is 1. The summed E-state index contributed by atoms with van der Waals surface area (Å²) >= 11 is 0. The minimum Gasteiger partial charge on any atom is -0.481 e. The van der Waals surface area contributed by atoms with Gasteiger partial charge in [0.15, 0.2) is 11.5 Å². The van der Waals surface area contributed by atoms with Crippen LogP contribution in [0.1, 0.15) is 61.9 Å². The number of amides is 4. The van der Waals surface area contributed by atoms with Gasteiger partial charge in [-0.05, 0) is 53.6 Å². The smallest absolute Gasteiger partial charge is 0.329 e. The molecule has 0 radical (unpaired) electrons. The zero-order valence-electron chi connectivity index (χ0n) is 25.9. The average Bonchev–Trinajstić information content (AvgIpc) is 3.57. The molecule has 4 amide bonds. The highest BCUT2D eigenvalue weighted by molar-refractivity contribution is 6.10. The largest absolute Gasteiger partial charge is 0.481 e. The van der Waals surface area contributed by atoms with Crippen LogP contribution in [0.5, 0.6) is 11.5 Å². The molecule has 1 saturated heterocycles. The van der Waals surface area contributed by atoms with E-state index in [-0.39, 0.29) is 32.2 Å². The molecule has 2 aliphatic rings. The van der Waals surface area contributed by atoms with Crippen molar-refractivity contribution in [1.29, 1.82) is 5.53 Å². The number of rotatable bonds is 13. The van der Waals surface area contributed by atoms with Crippen molar-refractivity contribution in [1.82, 2.24) is 15.1 Å². The number of carbonyl (C=O) groups excluding carboxylic acids is 3. The van der Waals surface area contributed by atoms with Crippen molar-refractivity contribution in [3.05, 3.63) is 95.1 Å². The molecule has 0 aliphatic carbocycles. The molecule has 0 saturated carbocycles. The fourth-order valence-electron chi connectivity index (χ4n) is 5.93. The van der Waals surface area contributed by atoms with E-state index in [1.165, 1.54) is 4.90 Å². The molecule has 0 spiro atoms. The molecule has 3 N–H and O–H groups in total. The van der Waals surface area contributed by atoms with Crippen LogP contribution in [-0.4, -0.2) is 51.6 Å². The molecule has 5 rings (SSSR count). The number of benzene rings is 3. The number of nitrogens with one attached hydrogen (secondary N) is 2. The Bertz CT molecular complexity index is 1630. The number of carbonyl (C=O) groups is 4. The van der Waals surface area contributed by atoms with Crippen LogP contribution >= 0.6 is 0 Å². The number of imide groups is 1. The SMILES string of the molecule is CC(C)C[C@H](C(=O)N[C@H](CC(=O)O)c1ccc2c(c1)OCO2)N1C(=O)N(Cc2ccccc2)[C@@](C)(c2ccc(CN=N)cc2)C1=O. The van der Waals surface area contributed by atoms with Crippen LogP contribution < -0.4 is 14.8 Å². The number of carboxylic acid groups (broad SMARTS) is 1. The molecule has 2 aliphatic heterocycles. The predicted octanol–water partition coefficient (Wildman–Crippen LogP) is 5.37. The van der Waals surface area contributed by atoms with E-state index in [4.69, 9.17) is 15.0 Å². The van der Waals surface area contributed by atoms with Gasteiger partial charge in [-0.2, -0.15) is 5.11 Å². The van der Waals surface area contributed by atoms with Gasteiger partial charge >= 0.3 is 12.0 Å². The zero-order chi connectivity index (χ0) is 33.0. The number of hydrogen-bond donors (Lipinski definition) is 3. The van der Waals surface area contributed by atoms with Gasteiger partial charge < -0.3 is 24.8 Å². The third-order valence-electron chi connectivity index (χ3n) is 8.38. The van der Waals surface area contributed by atoms with Gasteiger partial charge in [0, 0.05) is 6.54 Å². The quantitative estimate of drug-likeness (QED) is 0.169. The van der Waals surface area contributed by atoms with Gasteiger partial charge in [0.25, 0.3) is 5.91 Å². The van der Waals surface area contributed by atoms with Crippen molar-refractivity contribution in [2.24, 2.45) is 11.0 Å². The molecule has 0 aromatic heterocycles. The Hall–Kier alpha value is -5.26. The molecule has 12 nitrogen and oxygen atoms in total. The highest BCUT2D eigenvalue weighted by atomic mass is 16.7. The Morgan fingerprint density at radius 2 is 1.70 bits per heavy atom. The maximum absolute atomic E-state index is 14.5. The summed E-state index contributed by atoms with van der Waals surface area (Å²) in [6.45, 7) is 5.76. The maximum Gasteiger partial charge on any atom is 0.329 e. The molecule has 2 heterocycles. The molecule has 0 unspecified atom stereocenters. The lowest BCUT2D eigenvalue weighted by atomic mass is 9.88. The molecule has 240 valence electrons. The summed E-state index contributed by atoms with van der Waals surface area (Å²) in [6, 6.07) is 18.4. The number of fused-ring (bicyclic) bond motifs is 1. The first kappa shape index (κ1) is 32.1. The summed E-state index contributed by atoms with van der Waals surface area (Å²) < 4.78 is 10.8. The number of nitrogens with zero attached hydrogens (tertiary/aromatic N) is 3. The predicted molar refractivity (Wildman–Crippen MR) is 166 cm³/mol. The maximum atomic E-state index is 14.5. The van der Waals surface area contributed by atoms with Crippen LogP contribution in [0.25, 0.3) is 0 Å². The van der Waals surface area contributed by atoms with E-state index in [2.05, 4.69) is 10.4 Å². The minimum absolute atomic E-state index is 0.0327. The average molecular weight is 628 g/mol. The Morgan fingerprint density at radius 1 is 1.00 bits per heavy atom. The number of hydrogen-bond acceptors (Lipinski definition) is 8. The van der Waals surface area contributed by atoms with Crippen LogP contribution in [0.2, 0.25) is 0 Å². The molecular weight excluding hydrogens is 590 g/mol. The van der Waals surface area contributed by atoms with E-state index in [0.29, 0.717) is 22.6 Å².